The number of fused-ring (bicyclic) bond motifs is 2. The van der Waals surface area contributed by atoms with E-state index in [9.17, 15) is 0 Å². The molecular formula is C20H23N. The summed E-state index contributed by atoms with van der Waals surface area (Å²) in [6.45, 7) is 3.47. The molecule has 0 heterocycles. The summed E-state index contributed by atoms with van der Waals surface area (Å²) in [6, 6.07) is 18.4. The highest BCUT2D eigenvalue weighted by atomic mass is 14.9. The number of hydrogen-bond acceptors (Lipinski definition) is 1. The van der Waals surface area contributed by atoms with Gasteiger partial charge in [-0.3, -0.25) is 0 Å². The highest BCUT2D eigenvalue weighted by molar-refractivity contribution is 5.40. The van der Waals surface area contributed by atoms with E-state index >= 15 is 0 Å². The van der Waals surface area contributed by atoms with E-state index in [2.05, 4.69) is 60.8 Å². The fraction of sp³-hybridized carbons (Fsp3) is 0.400. The number of nitrogens with one attached hydrogen (secondary N) is 1. The molecule has 2 aromatic carbocycles. The summed E-state index contributed by atoms with van der Waals surface area (Å²) in [5, 5.41) is 3.84. The maximum absolute atomic E-state index is 3.84. The van der Waals surface area contributed by atoms with E-state index in [-0.39, 0.29) is 0 Å². The summed E-state index contributed by atoms with van der Waals surface area (Å²) >= 11 is 0. The van der Waals surface area contributed by atoms with E-state index in [1.54, 1.807) is 16.7 Å². The molecule has 3 atom stereocenters. The molecule has 1 heteroatoms. The van der Waals surface area contributed by atoms with Gasteiger partial charge in [-0.2, -0.15) is 0 Å². The van der Waals surface area contributed by atoms with Crippen LogP contribution in [0.1, 0.15) is 59.9 Å². The van der Waals surface area contributed by atoms with Crippen LogP contribution >= 0.6 is 0 Å². The topological polar surface area (TPSA) is 12.0 Å². The van der Waals surface area contributed by atoms with Crippen molar-refractivity contribution >= 4 is 0 Å². The Morgan fingerprint density at radius 3 is 2.43 bits per heavy atom. The molecule has 1 nitrogen and oxygen atoms in total. The van der Waals surface area contributed by atoms with Crippen molar-refractivity contribution < 1.29 is 0 Å². The molecule has 2 aromatic rings. The van der Waals surface area contributed by atoms with Crippen LogP contribution in [0.4, 0.5) is 0 Å². The Morgan fingerprint density at radius 1 is 0.905 bits per heavy atom. The van der Waals surface area contributed by atoms with Gasteiger partial charge in [0.05, 0.1) is 0 Å². The largest absolute Gasteiger partial charge is 0.309 e. The van der Waals surface area contributed by atoms with E-state index in [1.165, 1.54) is 24.8 Å². The highest BCUT2D eigenvalue weighted by Crippen LogP contribution is 2.38. The van der Waals surface area contributed by atoms with Gasteiger partial charge in [0.1, 0.15) is 0 Å². The third-order valence-corrected chi connectivity index (χ3v) is 5.36. The molecule has 108 valence electrons. The summed E-state index contributed by atoms with van der Waals surface area (Å²) in [5.41, 5.74) is 6.18. The highest BCUT2D eigenvalue weighted by Gasteiger charge is 2.28. The lowest BCUT2D eigenvalue weighted by Crippen LogP contribution is -2.33. The second-order valence-electron chi connectivity index (χ2n) is 6.67. The molecule has 1 N–H and O–H groups in total. The van der Waals surface area contributed by atoms with Crippen LogP contribution in [0.25, 0.3) is 0 Å². The summed E-state index contributed by atoms with van der Waals surface area (Å²) < 4.78 is 0. The molecule has 2 aliphatic carbocycles. The maximum atomic E-state index is 3.84. The van der Waals surface area contributed by atoms with Crippen molar-refractivity contribution in [3.63, 3.8) is 0 Å². The number of hydrogen-bond donors (Lipinski definition) is 1. The van der Waals surface area contributed by atoms with Gasteiger partial charge in [0.2, 0.25) is 0 Å². The van der Waals surface area contributed by atoms with Crippen molar-refractivity contribution in [2.75, 3.05) is 6.54 Å². The van der Waals surface area contributed by atoms with Gasteiger partial charge < -0.3 is 5.32 Å². The third kappa shape index (κ3) is 2.30. The van der Waals surface area contributed by atoms with E-state index < -0.39 is 0 Å². The summed E-state index contributed by atoms with van der Waals surface area (Å²) in [5.74, 6) is 1.43. The molecule has 0 aromatic heterocycles. The fourth-order valence-corrected chi connectivity index (χ4v) is 4.05. The summed E-state index contributed by atoms with van der Waals surface area (Å²) in [6.07, 6.45) is 3.82. The van der Waals surface area contributed by atoms with Crippen molar-refractivity contribution in [1.82, 2.24) is 5.32 Å². The van der Waals surface area contributed by atoms with Gasteiger partial charge in [0, 0.05) is 18.5 Å². The average molecular weight is 277 g/mol. The molecule has 0 spiro atoms. The first-order chi connectivity index (χ1) is 10.3. The van der Waals surface area contributed by atoms with Gasteiger partial charge in [0.25, 0.3) is 0 Å². The van der Waals surface area contributed by atoms with Crippen molar-refractivity contribution in [1.29, 1.82) is 0 Å². The zero-order valence-electron chi connectivity index (χ0n) is 12.7. The lowest BCUT2D eigenvalue weighted by molar-refractivity contribution is 0.407. The van der Waals surface area contributed by atoms with Crippen molar-refractivity contribution in [3.05, 3.63) is 70.8 Å². The monoisotopic (exact) mass is 277 g/mol. The van der Waals surface area contributed by atoms with Gasteiger partial charge in [-0.1, -0.05) is 55.5 Å². The van der Waals surface area contributed by atoms with Gasteiger partial charge in [-0.05, 0) is 47.4 Å². The van der Waals surface area contributed by atoms with Crippen LogP contribution in [0, 0.1) is 0 Å². The molecule has 0 aliphatic heterocycles. The number of rotatable bonds is 3. The third-order valence-electron chi connectivity index (χ3n) is 5.36. The Labute approximate surface area is 127 Å². The minimum atomic E-state index is 0.546. The molecule has 0 saturated carbocycles. The smallest absolute Gasteiger partial charge is 0.0323 e. The molecule has 0 amide bonds. The minimum Gasteiger partial charge on any atom is -0.309 e. The van der Waals surface area contributed by atoms with Crippen molar-refractivity contribution in [2.45, 2.75) is 44.1 Å². The van der Waals surface area contributed by atoms with Crippen LogP contribution in [-0.2, 0) is 6.42 Å². The second-order valence-corrected chi connectivity index (χ2v) is 6.67. The van der Waals surface area contributed by atoms with Crippen LogP contribution < -0.4 is 5.32 Å². The first-order valence-corrected chi connectivity index (χ1v) is 8.23. The first-order valence-electron chi connectivity index (χ1n) is 8.23. The van der Waals surface area contributed by atoms with Gasteiger partial charge in [-0.15, -0.1) is 0 Å². The fourth-order valence-electron chi connectivity index (χ4n) is 4.05. The van der Waals surface area contributed by atoms with Crippen LogP contribution in [0.15, 0.2) is 48.5 Å². The molecule has 0 saturated heterocycles. The normalized spacial score (nSPS) is 26.6. The van der Waals surface area contributed by atoms with E-state index in [4.69, 9.17) is 0 Å². The molecule has 0 bridgehead atoms. The Kier molecular flexibility index (Phi) is 3.31. The Morgan fingerprint density at radius 2 is 1.62 bits per heavy atom. The molecule has 0 fully saturated rings. The molecule has 21 heavy (non-hydrogen) atoms. The van der Waals surface area contributed by atoms with Gasteiger partial charge in [0.15, 0.2) is 0 Å². The quantitative estimate of drug-likeness (QED) is 0.867. The Hall–Kier alpha value is -1.60. The molecule has 4 rings (SSSR count). The van der Waals surface area contributed by atoms with E-state index in [0.717, 1.165) is 6.54 Å². The zero-order valence-corrected chi connectivity index (χ0v) is 12.7. The van der Waals surface area contributed by atoms with Crippen molar-refractivity contribution in [2.24, 2.45) is 0 Å². The van der Waals surface area contributed by atoms with Crippen LogP contribution in [-0.4, -0.2) is 6.54 Å². The van der Waals surface area contributed by atoms with Crippen LogP contribution in [0.3, 0.4) is 0 Å². The molecule has 0 radical (unpaired) electrons. The van der Waals surface area contributed by atoms with E-state index in [0.29, 0.717) is 17.9 Å². The zero-order chi connectivity index (χ0) is 14.2. The van der Waals surface area contributed by atoms with Gasteiger partial charge >= 0.3 is 0 Å². The molecular weight excluding hydrogens is 254 g/mol. The minimum absolute atomic E-state index is 0.546. The summed E-state index contributed by atoms with van der Waals surface area (Å²) in [7, 11) is 0. The van der Waals surface area contributed by atoms with E-state index in [1.807, 2.05) is 0 Å². The van der Waals surface area contributed by atoms with Crippen LogP contribution in [0.2, 0.25) is 0 Å². The van der Waals surface area contributed by atoms with Gasteiger partial charge in [-0.25, -0.2) is 0 Å². The average Bonchev–Trinajstić information content (AvgIpc) is 2.50. The van der Waals surface area contributed by atoms with Crippen molar-refractivity contribution in [3.8, 4) is 0 Å². The SMILES string of the molecule is CC1CCC(NCC2Cc3ccccc32)c2ccccc21. The Bertz CT molecular complexity index is 646. The second kappa shape index (κ2) is 5.31. The predicted molar refractivity (Wildman–Crippen MR) is 87.7 cm³/mol. The molecule has 2 aliphatic rings. The maximum Gasteiger partial charge on any atom is 0.0323 e. The lowest BCUT2D eigenvalue weighted by Gasteiger charge is -2.35. The Balaban J connectivity index is 1.46. The first kappa shape index (κ1) is 13.1. The predicted octanol–water partition coefficient (Wildman–Crippen LogP) is 4.55. The number of benzene rings is 2. The van der Waals surface area contributed by atoms with Crippen LogP contribution in [0.5, 0.6) is 0 Å². The lowest BCUT2D eigenvalue weighted by atomic mass is 9.77. The summed E-state index contributed by atoms with van der Waals surface area (Å²) in [4.78, 5) is 0. The molecule has 3 unspecified atom stereocenters. The standard InChI is InChI=1S/C20H23N/c1-14-10-11-20(19-9-5-4-7-17(14)19)21-13-16-12-15-6-2-3-8-18(15)16/h2-9,14,16,20-21H,10-13H2,1H3.